The first kappa shape index (κ1) is 14.6. The van der Waals surface area contributed by atoms with Crippen LogP contribution in [0.5, 0.6) is 5.75 Å². The van der Waals surface area contributed by atoms with Crippen molar-refractivity contribution in [3.8, 4) is 5.75 Å². The summed E-state index contributed by atoms with van der Waals surface area (Å²) in [6.45, 7) is 5.36. The van der Waals surface area contributed by atoms with E-state index in [2.05, 4.69) is 0 Å². The molecule has 1 aliphatic heterocycles. The van der Waals surface area contributed by atoms with Crippen LogP contribution in [-0.2, 0) is 0 Å². The molecule has 110 valence electrons. The number of nitrogens with zero attached hydrogens (tertiary/aromatic N) is 2. The fraction of sp³-hybridized carbons (Fsp3) is 0.571. The lowest BCUT2D eigenvalue weighted by atomic mass is 9.96. The molecule has 1 fully saturated rings. The van der Waals surface area contributed by atoms with E-state index in [1.165, 1.54) is 0 Å². The fourth-order valence-electron chi connectivity index (χ4n) is 2.57. The maximum atomic E-state index is 11.4. The fourth-order valence-corrected chi connectivity index (χ4v) is 2.57. The zero-order chi connectivity index (χ0) is 14.7. The summed E-state index contributed by atoms with van der Waals surface area (Å²) in [5, 5.41) is 21.1. The second kappa shape index (κ2) is 6.09. The van der Waals surface area contributed by atoms with Crippen LogP contribution in [-0.4, -0.2) is 35.8 Å². The van der Waals surface area contributed by atoms with Gasteiger partial charge >= 0.3 is 5.69 Å². The number of hydrogen-bond donors (Lipinski definition) is 1. The van der Waals surface area contributed by atoms with Crippen molar-refractivity contribution in [1.29, 1.82) is 0 Å². The minimum atomic E-state index is -0.393. The van der Waals surface area contributed by atoms with Crippen molar-refractivity contribution in [3.63, 3.8) is 0 Å². The molecule has 20 heavy (non-hydrogen) atoms. The molecule has 2 unspecified atom stereocenters. The van der Waals surface area contributed by atoms with Gasteiger partial charge in [0.2, 0.25) is 0 Å². The Kier molecular flexibility index (Phi) is 4.44. The number of aliphatic hydroxyl groups is 1. The summed E-state index contributed by atoms with van der Waals surface area (Å²) in [4.78, 5) is 12.9. The summed E-state index contributed by atoms with van der Waals surface area (Å²) >= 11 is 0. The van der Waals surface area contributed by atoms with E-state index >= 15 is 0 Å². The number of benzene rings is 1. The van der Waals surface area contributed by atoms with Gasteiger partial charge in [-0.2, -0.15) is 0 Å². The van der Waals surface area contributed by atoms with Crippen molar-refractivity contribution in [2.75, 3.05) is 24.6 Å². The summed E-state index contributed by atoms with van der Waals surface area (Å²) in [5.74, 6) is 0.396. The standard InChI is InChI=1S/C14H20N2O4/c1-3-20-13-6-4-5-11(14(13)16(18)19)15-8-7-12(17)10(2)9-15/h4-6,10,12,17H,3,7-9H2,1-2H3. The maximum Gasteiger partial charge on any atom is 0.333 e. The highest BCUT2D eigenvalue weighted by atomic mass is 16.6. The third-order valence-corrected chi connectivity index (χ3v) is 3.66. The Morgan fingerprint density at radius 3 is 2.90 bits per heavy atom. The summed E-state index contributed by atoms with van der Waals surface area (Å²) in [7, 11) is 0. The third kappa shape index (κ3) is 2.85. The highest BCUT2D eigenvalue weighted by Crippen LogP contribution is 2.38. The predicted molar refractivity (Wildman–Crippen MR) is 76.3 cm³/mol. The van der Waals surface area contributed by atoms with Crippen LogP contribution in [0.2, 0.25) is 0 Å². The van der Waals surface area contributed by atoms with Gasteiger partial charge in [0, 0.05) is 13.1 Å². The molecule has 1 saturated heterocycles. The van der Waals surface area contributed by atoms with Crippen LogP contribution in [0.15, 0.2) is 18.2 Å². The summed E-state index contributed by atoms with van der Waals surface area (Å²) in [6, 6.07) is 5.13. The molecule has 2 rings (SSSR count). The Balaban J connectivity index is 2.35. The molecule has 0 aliphatic carbocycles. The molecular formula is C14H20N2O4. The van der Waals surface area contributed by atoms with E-state index in [9.17, 15) is 15.2 Å². The van der Waals surface area contributed by atoms with Crippen LogP contribution in [0.1, 0.15) is 20.3 Å². The number of nitro groups is 1. The van der Waals surface area contributed by atoms with Crippen molar-refractivity contribution < 1.29 is 14.8 Å². The molecule has 0 saturated carbocycles. The molecule has 0 bridgehead atoms. The van der Waals surface area contributed by atoms with E-state index < -0.39 is 4.92 Å². The first-order valence-electron chi connectivity index (χ1n) is 6.87. The highest BCUT2D eigenvalue weighted by Gasteiger charge is 2.30. The van der Waals surface area contributed by atoms with Crippen LogP contribution in [0.3, 0.4) is 0 Å². The maximum absolute atomic E-state index is 11.4. The molecule has 0 aromatic heterocycles. The molecule has 1 aromatic carbocycles. The Hall–Kier alpha value is -1.82. The van der Waals surface area contributed by atoms with E-state index in [1.807, 2.05) is 11.8 Å². The van der Waals surface area contributed by atoms with Crippen molar-refractivity contribution in [3.05, 3.63) is 28.3 Å². The predicted octanol–water partition coefficient (Wildman–Crippen LogP) is 2.20. The average Bonchev–Trinajstić information content (AvgIpc) is 2.42. The van der Waals surface area contributed by atoms with Crippen LogP contribution < -0.4 is 9.64 Å². The van der Waals surface area contributed by atoms with E-state index in [0.717, 1.165) is 0 Å². The number of rotatable bonds is 4. The molecule has 0 radical (unpaired) electrons. The first-order valence-corrected chi connectivity index (χ1v) is 6.87. The summed E-state index contributed by atoms with van der Waals surface area (Å²) in [5.41, 5.74) is 0.581. The quantitative estimate of drug-likeness (QED) is 0.676. The molecule has 2 atom stereocenters. The van der Waals surface area contributed by atoms with Gasteiger partial charge in [-0.1, -0.05) is 13.0 Å². The minimum Gasteiger partial charge on any atom is -0.487 e. The summed E-state index contributed by atoms with van der Waals surface area (Å²) < 4.78 is 5.36. The average molecular weight is 280 g/mol. The van der Waals surface area contributed by atoms with Gasteiger partial charge in [-0.3, -0.25) is 10.1 Å². The van der Waals surface area contributed by atoms with Gasteiger partial charge in [0.05, 0.1) is 17.6 Å². The van der Waals surface area contributed by atoms with E-state index in [1.54, 1.807) is 25.1 Å². The number of anilines is 1. The van der Waals surface area contributed by atoms with Crippen molar-refractivity contribution in [1.82, 2.24) is 0 Å². The van der Waals surface area contributed by atoms with Gasteiger partial charge in [0.25, 0.3) is 0 Å². The number of nitro benzene ring substituents is 1. The second-order valence-corrected chi connectivity index (χ2v) is 5.09. The van der Waals surface area contributed by atoms with Crippen LogP contribution in [0, 0.1) is 16.0 Å². The topological polar surface area (TPSA) is 75.8 Å². The van der Waals surface area contributed by atoms with Crippen LogP contribution >= 0.6 is 0 Å². The minimum absolute atomic E-state index is 0.0120. The lowest BCUT2D eigenvalue weighted by molar-refractivity contribution is -0.385. The van der Waals surface area contributed by atoms with E-state index in [4.69, 9.17) is 4.74 Å². The van der Waals surface area contributed by atoms with Gasteiger partial charge in [-0.05, 0) is 31.4 Å². The molecule has 1 N–H and O–H groups in total. The number of piperidine rings is 1. The normalized spacial score (nSPS) is 22.6. The number of aliphatic hydroxyl groups excluding tert-OH is 1. The zero-order valence-electron chi connectivity index (χ0n) is 11.8. The zero-order valence-corrected chi connectivity index (χ0v) is 11.8. The summed E-state index contributed by atoms with van der Waals surface area (Å²) in [6.07, 6.45) is 0.289. The Morgan fingerprint density at radius 2 is 2.30 bits per heavy atom. The van der Waals surface area contributed by atoms with Gasteiger partial charge in [-0.25, -0.2) is 0 Å². The number of hydrogen-bond acceptors (Lipinski definition) is 5. The molecule has 1 aliphatic rings. The largest absolute Gasteiger partial charge is 0.487 e. The first-order chi connectivity index (χ1) is 9.54. The highest BCUT2D eigenvalue weighted by molar-refractivity contribution is 5.70. The van der Waals surface area contributed by atoms with Gasteiger partial charge in [-0.15, -0.1) is 0 Å². The molecule has 6 heteroatoms. The Bertz CT molecular complexity index is 492. The third-order valence-electron chi connectivity index (χ3n) is 3.66. The lowest BCUT2D eigenvalue weighted by Gasteiger charge is -2.35. The van der Waals surface area contributed by atoms with Crippen LogP contribution in [0.4, 0.5) is 11.4 Å². The van der Waals surface area contributed by atoms with Crippen molar-refractivity contribution in [2.24, 2.45) is 5.92 Å². The van der Waals surface area contributed by atoms with E-state index in [-0.39, 0.29) is 17.7 Å². The van der Waals surface area contributed by atoms with Crippen LogP contribution in [0.25, 0.3) is 0 Å². The van der Waals surface area contributed by atoms with Crippen molar-refractivity contribution >= 4 is 11.4 Å². The lowest BCUT2D eigenvalue weighted by Crippen LogP contribution is -2.42. The van der Waals surface area contributed by atoms with Gasteiger partial charge in [0.15, 0.2) is 5.75 Å². The van der Waals surface area contributed by atoms with Gasteiger partial charge < -0.3 is 14.7 Å². The number of para-hydroxylation sites is 1. The molecule has 0 amide bonds. The molecular weight excluding hydrogens is 260 g/mol. The monoisotopic (exact) mass is 280 g/mol. The number of ether oxygens (including phenoxy) is 1. The molecule has 0 spiro atoms. The second-order valence-electron chi connectivity index (χ2n) is 5.09. The Labute approximate surface area is 118 Å². The van der Waals surface area contributed by atoms with Gasteiger partial charge in [0.1, 0.15) is 5.69 Å². The van der Waals surface area contributed by atoms with Crippen molar-refractivity contribution in [2.45, 2.75) is 26.4 Å². The molecule has 1 heterocycles. The SMILES string of the molecule is CCOc1cccc(N2CCC(O)C(C)C2)c1[N+](=O)[O-]. The smallest absolute Gasteiger partial charge is 0.333 e. The molecule has 6 nitrogen and oxygen atoms in total. The molecule has 1 aromatic rings. The van der Waals surface area contributed by atoms with E-state index in [0.29, 0.717) is 37.6 Å². The Morgan fingerprint density at radius 1 is 1.55 bits per heavy atom.